The molecule has 3 rings (SSSR count). The Kier molecular flexibility index (Phi) is 3.55. The van der Waals surface area contributed by atoms with E-state index in [-0.39, 0.29) is 0 Å². The molecular weight excluding hydrogens is 244 g/mol. The van der Waals surface area contributed by atoms with Crippen molar-refractivity contribution in [3.63, 3.8) is 0 Å². The van der Waals surface area contributed by atoms with Gasteiger partial charge in [0.25, 0.3) is 0 Å². The lowest BCUT2D eigenvalue weighted by atomic mass is 10.1. The van der Waals surface area contributed by atoms with Crippen LogP contribution in [-0.2, 0) is 4.84 Å². The van der Waals surface area contributed by atoms with Crippen molar-refractivity contribution in [3.8, 4) is 0 Å². The van der Waals surface area contributed by atoms with Gasteiger partial charge in [-0.1, -0.05) is 47.2 Å². The van der Waals surface area contributed by atoms with E-state index in [0.29, 0.717) is 0 Å². The summed E-state index contributed by atoms with van der Waals surface area (Å²) in [6, 6.07) is 10.1. The largest absolute Gasteiger partial charge is 0.353 e. The smallest absolute Gasteiger partial charge is 0.207 e. The summed E-state index contributed by atoms with van der Waals surface area (Å²) in [6.07, 6.45) is 3.85. The van der Waals surface area contributed by atoms with E-state index in [4.69, 9.17) is 4.84 Å². The molecule has 18 heavy (non-hydrogen) atoms. The lowest BCUT2D eigenvalue weighted by Gasteiger charge is -2.29. The van der Waals surface area contributed by atoms with Crippen LogP contribution in [0, 0.1) is 0 Å². The highest BCUT2D eigenvalue weighted by atomic mass is 32.2. The third-order valence-corrected chi connectivity index (χ3v) is 4.05. The molecule has 0 aromatic heterocycles. The number of amidine groups is 1. The summed E-state index contributed by atoms with van der Waals surface area (Å²) in [7, 11) is 0. The van der Waals surface area contributed by atoms with Crippen molar-refractivity contribution in [2.75, 3.05) is 13.1 Å². The quantitative estimate of drug-likeness (QED) is 0.772. The summed E-state index contributed by atoms with van der Waals surface area (Å²) in [5.41, 5.74) is 1.08. The fourth-order valence-corrected chi connectivity index (χ4v) is 2.98. The maximum atomic E-state index is 5.52. The van der Waals surface area contributed by atoms with Crippen molar-refractivity contribution < 1.29 is 4.84 Å². The van der Waals surface area contributed by atoms with Crippen LogP contribution >= 0.6 is 11.8 Å². The number of rotatable bonds is 1. The van der Waals surface area contributed by atoms with Crippen LogP contribution < -0.4 is 0 Å². The van der Waals surface area contributed by atoms with Crippen LogP contribution in [0.2, 0.25) is 0 Å². The lowest BCUT2D eigenvalue weighted by Crippen LogP contribution is -2.34. The van der Waals surface area contributed by atoms with Crippen LogP contribution in [-0.4, -0.2) is 23.2 Å². The topological polar surface area (TPSA) is 24.8 Å². The fraction of sp³-hybridized carbons (Fsp3) is 0.357. The van der Waals surface area contributed by atoms with Crippen molar-refractivity contribution in [2.24, 2.45) is 5.16 Å². The summed E-state index contributed by atoms with van der Waals surface area (Å²) in [6.45, 7) is 2.20. The second kappa shape index (κ2) is 5.48. The Balaban J connectivity index is 1.66. The van der Waals surface area contributed by atoms with E-state index in [1.54, 1.807) is 11.8 Å². The van der Waals surface area contributed by atoms with E-state index in [1.807, 2.05) is 35.7 Å². The van der Waals surface area contributed by atoms with Gasteiger partial charge in [-0.05, 0) is 19.3 Å². The Hall–Kier alpha value is -1.42. The van der Waals surface area contributed by atoms with Gasteiger partial charge in [-0.3, -0.25) is 0 Å². The second-order valence-corrected chi connectivity index (χ2v) is 5.32. The number of benzene rings is 1. The molecular formula is C14H16N2OS. The zero-order valence-electron chi connectivity index (χ0n) is 10.2. The molecule has 4 heteroatoms. The normalized spacial score (nSPS) is 19.9. The number of oxime groups is 1. The first-order valence-electron chi connectivity index (χ1n) is 6.36. The molecule has 0 unspecified atom stereocenters. The first-order valence-corrected chi connectivity index (χ1v) is 7.24. The SMILES string of the molecule is C1=C(c2ccccc2)ON=C(N2CCCCC2)S1. The van der Waals surface area contributed by atoms with E-state index in [9.17, 15) is 0 Å². The monoisotopic (exact) mass is 260 g/mol. The average Bonchev–Trinajstić information content (AvgIpc) is 2.49. The third-order valence-electron chi connectivity index (χ3n) is 3.18. The molecule has 0 saturated carbocycles. The third kappa shape index (κ3) is 2.53. The van der Waals surface area contributed by atoms with Gasteiger partial charge in [0.15, 0.2) is 5.76 Å². The minimum Gasteiger partial charge on any atom is -0.353 e. The molecule has 2 aliphatic rings. The number of nitrogens with zero attached hydrogens (tertiary/aromatic N) is 2. The summed E-state index contributed by atoms with van der Waals surface area (Å²) in [5, 5.41) is 7.29. The van der Waals surface area contributed by atoms with Gasteiger partial charge in [-0.25, -0.2) is 0 Å². The molecule has 0 aliphatic carbocycles. The molecule has 2 heterocycles. The number of thioether (sulfide) groups is 1. The number of hydrogen-bond acceptors (Lipinski definition) is 4. The Bertz CT molecular complexity index is 464. The predicted octanol–water partition coefficient (Wildman–Crippen LogP) is 3.51. The van der Waals surface area contributed by atoms with Crippen molar-refractivity contribution in [1.82, 2.24) is 4.90 Å². The molecule has 2 aliphatic heterocycles. The van der Waals surface area contributed by atoms with E-state index in [0.717, 1.165) is 29.6 Å². The molecule has 0 amide bonds. The van der Waals surface area contributed by atoms with Crippen LogP contribution in [0.3, 0.4) is 0 Å². The molecule has 3 nitrogen and oxygen atoms in total. The predicted molar refractivity (Wildman–Crippen MR) is 76.0 cm³/mol. The average molecular weight is 260 g/mol. The van der Waals surface area contributed by atoms with E-state index < -0.39 is 0 Å². The Morgan fingerprint density at radius 3 is 2.50 bits per heavy atom. The number of likely N-dealkylation sites (tertiary alicyclic amines) is 1. The first-order chi connectivity index (χ1) is 8.93. The maximum Gasteiger partial charge on any atom is 0.207 e. The minimum atomic E-state index is 0.835. The molecule has 1 saturated heterocycles. The number of hydrogen-bond donors (Lipinski definition) is 0. The highest BCUT2D eigenvalue weighted by molar-refractivity contribution is 8.16. The van der Waals surface area contributed by atoms with Crippen molar-refractivity contribution in [3.05, 3.63) is 41.3 Å². The fourth-order valence-electron chi connectivity index (χ4n) is 2.18. The molecule has 0 atom stereocenters. The Morgan fingerprint density at radius 2 is 1.83 bits per heavy atom. The van der Waals surface area contributed by atoms with Gasteiger partial charge in [0.2, 0.25) is 5.17 Å². The van der Waals surface area contributed by atoms with Gasteiger partial charge in [-0.15, -0.1) is 0 Å². The Labute approximate surface area is 111 Å². The summed E-state index contributed by atoms with van der Waals surface area (Å²) < 4.78 is 0. The zero-order chi connectivity index (χ0) is 12.2. The molecule has 1 aromatic carbocycles. The molecule has 0 N–H and O–H groups in total. The highest BCUT2D eigenvalue weighted by Gasteiger charge is 2.19. The van der Waals surface area contributed by atoms with Gasteiger partial charge < -0.3 is 9.74 Å². The van der Waals surface area contributed by atoms with Crippen LogP contribution in [0.25, 0.3) is 5.76 Å². The van der Waals surface area contributed by atoms with Crippen LogP contribution in [0.1, 0.15) is 24.8 Å². The van der Waals surface area contributed by atoms with E-state index in [2.05, 4.69) is 10.1 Å². The van der Waals surface area contributed by atoms with Crippen LogP contribution in [0.15, 0.2) is 40.9 Å². The highest BCUT2D eigenvalue weighted by Crippen LogP contribution is 2.27. The molecule has 1 aromatic rings. The first kappa shape index (κ1) is 11.7. The summed E-state index contributed by atoms with van der Waals surface area (Å²) in [5.74, 6) is 0.835. The molecule has 0 bridgehead atoms. The zero-order valence-corrected chi connectivity index (χ0v) is 11.0. The van der Waals surface area contributed by atoms with Crippen molar-refractivity contribution in [1.29, 1.82) is 0 Å². The van der Waals surface area contributed by atoms with Gasteiger partial charge in [0.05, 0.1) is 0 Å². The van der Waals surface area contributed by atoms with Gasteiger partial charge >= 0.3 is 0 Å². The van der Waals surface area contributed by atoms with Gasteiger partial charge in [0.1, 0.15) is 0 Å². The maximum absolute atomic E-state index is 5.52. The van der Waals surface area contributed by atoms with E-state index >= 15 is 0 Å². The standard InChI is InChI=1S/C14H16N2OS/c1-3-7-12(8-4-1)13-11-18-14(15-17-13)16-9-5-2-6-10-16/h1,3-4,7-8,11H,2,5-6,9-10H2. The van der Waals surface area contributed by atoms with Crippen molar-refractivity contribution in [2.45, 2.75) is 19.3 Å². The molecule has 94 valence electrons. The molecule has 0 spiro atoms. The summed E-state index contributed by atoms with van der Waals surface area (Å²) in [4.78, 5) is 7.83. The minimum absolute atomic E-state index is 0.835. The number of piperidine rings is 1. The van der Waals surface area contributed by atoms with Crippen LogP contribution in [0.5, 0.6) is 0 Å². The lowest BCUT2D eigenvalue weighted by molar-refractivity contribution is 0.276. The molecule has 0 radical (unpaired) electrons. The van der Waals surface area contributed by atoms with Crippen LogP contribution in [0.4, 0.5) is 0 Å². The van der Waals surface area contributed by atoms with E-state index in [1.165, 1.54) is 19.3 Å². The van der Waals surface area contributed by atoms with Crippen molar-refractivity contribution >= 4 is 22.7 Å². The second-order valence-electron chi connectivity index (χ2n) is 4.48. The van der Waals surface area contributed by atoms with Gasteiger partial charge in [0, 0.05) is 24.1 Å². The Morgan fingerprint density at radius 1 is 1.06 bits per heavy atom. The summed E-state index contributed by atoms with van der Waals surface area (Å²) >= 11 is 1.66. The van der Waals surface area contributed by atoms with Gasteiger partial charge in [-0.2, -0.15) is 0 Å². The molecule has 1 fully saturated rings.